The van der Waals surface area contributed by atoms with E-state index in [1.165, 1.54) is 0 Å². The summed E-state index contributed by atoms with van der Waals surface area (Å²) in [5.74, 6) is -1.45. The van der Waals surface area contributed by atoms with Gasteiger partial charge >= 0.3 is 12.1 Å². The normalized spacial score (nSPS) is 12.8. The monoisotopic (exact) mass is 450 g/mol. The van der Waals surface area contributed by atoms with Crippen molar-refractivity contribution in [3.63, 3.8) is 0 Å². The van der Waals surface area contributed by atoms with Gasteiger partial charge in [0.15, 0.2) is 0 Å². The second-order valence-corrected chi connectivity index (χ2v) is 8.33. The van der Waals surface area contributed by atoms with E-state index in [1.807, 2.05) is 38.1 Å². The maximum atomic E-state index is 12.2. The SMILES string of the molecule is CC(C)=CCC(NC(=O)CCCNC(=O)OCC1c2ccccc2-c2ccccc21)C(=O)O. The summed E-state index contributed by atoms with van der Waals surface area (Å²) in [6.07, 6.45) is 1.97. The van der Waals surface area contributed by atoms with Crippen LogP contribution in [0.1, 0.15) is 50.2 Å². The lowest BCUT2D eigenvalue weighted by Gasteiger charge is -2.15. The molecule has 1 aliphatic carbocycles. The van der Waals surface area contributed by atoms with Crippen LogP contribution in [0.5, 0.6) is 0 Å². The second-order valence-electron chi connectivity index (χ2n) is 8.33. The third kappa shape index (κ3) is 6.44. The molecule has 0 saturated heterocycles. The summed E-state index contributed by atoms with van der Waals surface area (Å²) in [6, 6.07) is 15.3. The number of carbonyl (C=O) groups excluding carboxylic acids is 2. The summed E-state index contributed by atoms with van der Waals surface area (Å²) >= 11 is 0. The Hall–Kier alpha value is -3.61. The van der Waals surface area contributed by atoms with Crippen molar-refractivity contribution in [3.8, 4) is 11.1 Å². The number of carboxylic acid groups (broad SMARTS) is 1. The highest BCUT2D eigenvalue weighted by Crippen LogP contribution is 2.44. The zero-order chi connectivity index (χ0) is 23.8. The molecule has 3 rings (SSSR count). The van der Waals surface area contributed by atoms with Gasteiger partial charge in [-0.1, -0.05) is 60.2 Å². The Balaban J connectivity index is 1.41. The third-order valence-corrected chi connectivity index (χ3v) is 5.59. The highest BCUT2D eigenvalue weighted by Gasteiger charge is 2.29. The van der Waals surface area contributed by atoms with E-state index in [0.717, 1.165) is 27.8 Å². The lowest BCUT2D eigenvalue weighted by molar-refractivity contribution is -0.141. The maximum Gasteiger partial charge on any atom is 0.407 e. The molecule has 1 atom stereocenters. The van der Waals surface area contributed by atoms with Crippen molar-refractivity contribution in [1.82, 2.24) is 10.6 Å². The van der Waals surface area contributed by atoms with Crippen LogP contribution in [-0.4, -0.2) is 42.3 Å². The molecule has 0 heterocycles. The van der Waals surface area contributed by atoms with E-state index in [1.54, 1.807) is 6.08 Å². The van der Waals surface area contributed by atoms with Gasteiger partial charge in [-0.3, -0.25) is 4.79 Å². The number of alkyl carbamates (subject to hydrolysis) is 1. The Morgan fingerprint density at radius 2 is 1.64 bits per heavy atom. The van der Waals surface area contributed by atoms with Crippen LogP contribution >= 0.6 is 0 Å². The zero-order valence-electron chi connectivity index (χ0n) is 19.0. The number of hydrogen-bond acceptors (Lipinski definition) is 4. The number of aliphatic carboxylic acids is 1. The fraction of sp³-hybridized carbons (Fsp3) is 0.346. The van der Waals surface area contributed by atoms with Crippen molar-refractivity contribution in [1.29, 1.82) is 0 Å². The predicted molar refractivity (Wildman–Crippen MR) is 126 cm³/mol. The molecule has 0 aromatic heterocycles. The van der Waals surface area contributed by atoms with Crippen LogP contribution in [0.4, 0.5) is 4.79 Å². The number of benzene rings is 2. The molecular formula is C26H30N2O5. The number of ether oxygens (including phenoxy) is 1. The van der Waals surface area contributed by atoms with Crippen molar-refractivity contribution in [2.45, 2.75) is 45.1 Å². The predicted octanol–water partition coefficient (Wildman–Crippen LogP) is 4.23. The largest absolute Gasteiger partial charge is 0.480 e. The second kappa shape index (κ2) is 11.3. The molecule has 33 heavy (non-hydrogen) atoms. The van der Waals surface area contributed by atoms with Gasteiger partial charge in [0, 0.05) is 18.9 Å². The van der Waals surface area contributed by atoms with Crippen LogP contribution in [0.15, 0.2) is 60.2 Å². The Kier molecular flexibility index (Phi) is 8.24. The van der Waals surface area contributed by atoms with Gasteiger partial charge in [0.2, 0.25) is 5.91 Å². The van der Waals surface area contributed by atoms with Gasteiger partial charge in [0.05, 0.1) is 0 Å². The number of fused-ring (bicyclic) bond motifs is 3. The average Bonchev–Trinajstić information content (AvgIpc) is 3.11. The number of rotatable bonds is 10. The van der Waals surface area contributed by atoms with E-state index in [4.69, 9.17) is 4.74 Å². The maximum absolute atomic E-state index is 12.2. The minimum absolute atomic E-state index is 0.0114. The van der Waals surface area contributed by atoms with Gasteiger partial charge in [0.25, 0.3) is 0 Å². The first kappa shape index (κ1) is 24.0. The van der Waals surface area contributed by atoms with Gasteiger partial charge in [0.1, 0.15) is 12.6 Å². The summed E-state index contributed by atoms with van der Waals surface area (Å²) in [7, 11) is 0. The van der Waals surface area contributed by atoms with Crippen LogP contribution in [0.3, 0.4) is 0 Å². The number of amides is 2. The Bertz CT molecular complexity index is 997. The molecule has 7 nitrogen and oxygen atoms in total. The quantitative estimate of drug-likeness (QED) is 0.371. The van der Waals surface area contributed by atoms with E-state index >= 15 is 0 Å². The molecule has 2 aromatic rings. The molecule has 7 heteroatoms. The number of carbonyl (C=O) groups is 3. The van der Waals surface area contributed by atoms with E-state index < -0.39 is 18.1 Å². The average molecular weight is 451 g/mol. The first-order chi connectivity index (χ1) is 15.9. The molecule has 1 unspecified atom stereocenters. The molecule has 3 N–H and O–H groups in total. The highest BCUT2D eigenvalue weighted by molar-refractivity contribution is 5.83. The number of carboxylic acids is 1. The van der Waals surface area contributed by atoms with Crippen molar-refractivity contribution in [2.75, 3.05) is 13.2 Å². The molecule has 0 bridgehead atoms. The van der Waals surface area contributed by atoms with Gasteiger partial charge in [-0.2, -0.15) is 0 Å². The molecule has 0 fully saturated rings. The lowest BCUT2D eigenvalue weighted by atomic mass is 9.98. The van der Waals surface area contributed by atoms with Gasteiger partial charge < -0.3 is 20.5 Å². The van der Waals surface area contributed by atoms with Crippen molar-refractivity contribution < 1.29 is 24.2 Å². The number of nitrogens with one attached hydrogen (secondary N) is 2. The molecule has 2 amide bonds. The highest BCUT2D eigenvalue weighted by atomic mass is 16.5. The van der Waals surface area contributed by atoms with E-state index in [-0.39, 0.29) is 37.8 Å². The van der Waals surface area contributed by atoms with E-state index in [0.29, 0.717) is 6.42 Å². The Labute approximate surface area is 193 Å². The van der Waals surface area contributed by atoms with Crippen LogP contribution < -0.4 is 10.6 Å². The first-order valence-electron chi connectivity index (χ1n) is 11.1. The third-order valence-electron chi connectivity index (χ3n) is 5.59. The van der Waals surface area contributed by atoms with Crippen LogP contribution in [-0.2, 0) is 14.3 Å². The lowest BCUT2D eigenvalue weighted by Crippen LogP contribution is -2.40. The molecule has 0 radical (unpaired) electrons. The topological polar surface area (TPSA) is 105 Å². The Morgan fingerprint density at radius 3 is 2.21 bits per heavy atom. The Morgan fingerprint density at radius 1 is 1.03 bits per heavy atom. The van der Waals surface area contributed by atoms with Crippen molar-refractivity contribution in [3.05, 3.63) is 71.3 Å². The molecular weight excluding hydrogens is 420 g/mol. The minimum Gasteiger partial charge on any atom is -0.480 e. The first-order valence-corrected chi connectivity index (χ1v) is 11.1. The van der Waals surface area contributed by atoms with Crippen molar-refractivity contribution >= 4 is 18.0 Å². The van der Waals surface area contributed by atoms with Gasteiger partial charge in [-0.05, 0) is 48.9 Å². The van der Waals surface area contributed by atoms with Crippen LogP contribution in [0.2, 0.25) is 0 Å². The summed E-state index contributed by atoms with van der Waals surface area (Å²) in [6.45, 7) is 4.23. The fourth-order valence-electron chi connectivity index (χ4n) is 3.93. The molecule has 2 aromatic carbocycles. The smallest absolute Gasteiger partial charge is 0.407 e. The van der Waals surface area contributed by atoms with Gasteiger partial charge in [-0.15, -0.1) is 0 Å². The van der Waals surface area contributed by atoms with Crippen molar-refractivity contribution in [2.24, 2.45) is 0 Å². The van der Waals surface area contributed by atoms with Gasteiger partial charge in [-0.25, -0.2) is 9.59 Å². The standard InChI is InChI=1S/C26H30N2O5/c1-17(2)13-14-23(25(30)31)28-24(29)12-7-15-27-26(32)33-16-22-20-10-5-3-8-18(20)19-9-4-6-11-21(19)22/h3-6,8-11,13,22-23H,7,12,14-16H2,1-2H3,(H,27,32)(H,28,29)(H,30,31). The van der Waals surface area contributed by atoms with E-state index in [9.17, 15) is 19.5 Å². The van der Waals surface area contributed by atoms with Crippen LogP contribution in [0, 0.1) is 0 Å². The molecule has 0 saturated carbocycles. The van der Waals surface area contributed by atoms with Crippen LogP contribution in [0.25, 0.3) is 11.1 Å². The fourth-order valence-corrected chi connectivity index (χ4v) is 3.93. The summed E-state index contributed by atoms with van der Waals surface area (Å²) < 4.78 is 5.46. The summed E-state index contributed by atoms with van der Waals surface area (Å²) in [5, 5.41) is 14.4. The molecule has 0 aliphatic heterocycles. The summed E-state index contributed by atoms with van der Waals surface area (Å²) in [5.41, 5.74) is 5.60. The molecule has 0 spiro atoms. The molecule has 1 aliphatic rings. The van der Waals surface area contributed by atoms with E-state index in [2.05, 4.69) is 34.9 Å². The number of allylic oxidation sites excluding steroid dienone is 1. The minimum atomic E-state index is -1.07. The molecule has 174 valence electrons. The summed E-state index contributed by atoms with van der Waals surface area (Å²) in [4.78, 5) is 35.5. The zero-order valence-corrected chi connectivity index (χ0v) is 19.0. The number of hydrogen-bond donors (Lipinski definition) is 3.